The molecular weight excluding hydrogens is 216 g/mol. The van der Waals surface area contributed by atoms with E-state index in [1.807, 2.05) is 0 Å². The molecule has 0 spiro atoms. The molecule has 0 radical (unpaired) electrons. The molecule has 1 aromatic rings. The van der Waals surface area contributed by atoms with Crippen LogP contribution in [0.2, 0.25) is 0 Å². The molecule has 0 heterocycles. The molecule has 4 nitrogen and oxygen atoms in total. The van der Waals surface area contributed by atoms with Gasteiger partial charge in [0.2, 0.25) is 11.6 Å². The number of anilines is 1. The highest BCUT2D eigenvalue weighted by Crippen LogP contribution is 2.29. The molecule has 0 saturated carbocycles. The highest BCUT2D eigenvalue weighted by atomic mass is 35.5. The molecule has 15 heavy (non-hydrogen) atoms. The highest BCUT2D eigenvalue weighted by molar-refractivity contribution is 6.50. The van der Waals surface area contributed by atoms with Gasteiger partial charge in [-0.25, -0.2) is 0 Å². The monoisotopic (exact) mass is 222 g/mol. The van der Waals surface area contributed by atoms with Crippen LogP contribution in [0.1, 0.15) is 20.7 Å². The van der Waals surface area contributed by atoms with Crippen LogP contribution in [0.5, 0.6) is 0 Å². The first-order valence-corrected chi connectivity index (χ1v) is 4.55. The second kappa shape index (κ2) is 3.10. The normalized spacial score (nSPS) is 15.5. The third kappa shape index (κ3) is 1.22. The standard InChI is InChI=1S/C10H7ClN2O2/c11-7-8(13)9(14)4-2-1-3-5(12)6(4)10(7)15/h1-3H,12-13H2. The summed E-state index contributed by atoms with van der Waals surface area (Å²) in [7, 11) is 0. The SMILES string of the molecule is NC1=C(Cl)C(=O)c2c(N)cccc2C1=O. The number of hydrogen-bond acceptors (Lipinski definition) is 4. The zero-order valence-electron chi connectivity index (χ0n) is 7.58. The lowest BCUT2D eigenvalue weighted by Crippen LogP contribution is -2.25. The predicted molar refractivity (Wildman–Crippen MR) is 56.6 cm³/mol. The molecule has 4 N–H and O–H groups in total. The van der Waals surface area contributed by atoms with Crippen molar-refractivity contribution in [2.75, 3.05) is 5.73 Å². The van der Waals surface area contributed by atoms with E-state index in [4.69, 9.17) is 23.1 Å². The Kier molecular flexibility index (Phi) is 2.01. The van der Waals surface area contributed by atoms with E-state index in [0.29, 0.717) is 0 Å². The molecule has 0 aromatic heterocycles. The van der Waals surface area contributed by atoms with Crippen molar-refractivity contribution in [1.82, 2.24) is 0 Å². The molecule has 1 aliphatic rings. The fourth-order valence-electron chi connectivity index (χ4n) is 1.49. The molecule has 1 aromatic carbocycles. The predicted octanol–water partition coefficient (Wildman–Crippen LogP) is 1.06. The zero-order valence-corrected chi connectivity index (χ0v) is 8.34. The molecule has 76 valence electrons. The van der Waals surface area contributed by atoms with E-state index in [1.165, 1.54) is 12.1 Å². The van der Waals surface area contributed by atoms with Crippen LogP contribution in [0.4, 0.5) is 5.69 Å². The average Bonchev–Trinajstić information content (AvgIpc) is 2.23. The number of halogens is 1. The number of benzene rings is 1. The maximum absolute atomic E-state index is 11.7. The number of hydrogen-bond donors (Lipinski definition) is 2. The zero-order chi connectivity index (χ0) is 11.2. The van der Waals surface area contributed by atoms with E-state index in [1.54, 1.807) is 6.07 Å². The lowest BCUT2D eigenvalue weighted by Gasteiger charge is -2.16. The van der Waals surface area contributed by atoms with E-state index < -0.39 is 11.6 Å². The summed E-state index contributed by atoms with van der Waals surface area (Å²) in [5, 5.41) is -0.259. The lowest BCUT2D eigenvalue weighted by atomic mass is 9.91. The first kappa shape index (κ1) is 9.73. The minimum atomic E-state index is -0.498. The number of Topliss-reactive ketones (excluding diaryl/α,β-unsaturated/α-hetero) is 2. The molecule has 0 amide bonds. The molecule has 0 aliphatic heterocycles. The van der Waals surface area contributed by atoms with Gasteiger partial charge in [0, 0.05) is 11.3 Å². The molecule has 0 fully saturated rings. The van der Waals surface area contributed by atoms with Crippen LogP contribution >= 0.6 is 11.6 Å². The van der Waals surface area contributed by atoms with Gasteiger partial charge < -0.3 is 11.5 Å². The molecule has 0 bridgehead atoms. The van der Waals surface area contributed by atoms with E-state index >= 15 is 0 Å². The molecule has 1 aliphatic carbocycles. The van der Waals surface area contributed by atoms with Gasteiger partial charge in [0.1, 0.15) is 10.7 Å². The average molecular weight is 223 g/mol. The number of rotatable bonds is 0. The molecule has 0 saturated heterocycles. The van der Waals surface area contributed by atoms with Crippen LogP contribution in [0.3, 0.4) is 0 Å². The second-order valence-electron chi connectivity index (χ2n) is 3.16. The van der Waals surface area contributed by atoms with Gasteiger partial charge in [0.25, 0.3) is 0 Å². The molecular formula is C10H7ClN2O2. The largest absolute Gasteiger partial charge is 0.398 e. The van der Waals surface area contributed by atoms with Crippen molar-refractivity contribution in [3.63, 3.8) is 0 Å². The van der Waals surface area contributed by atoms with Crippen LogP contribution in [-0.2, 0) is 0 Å². The maximum Gasteiger partial charge on any atom is 0.211 e. The van der Waals surface area contributed by atoms with Crippen molar-refractivity contribution < 1.29 is 9.59 Å². The number of ketones is 2. The Morgan fingerprint density at radius 1 is 1.07 bits per heavy atom. The Hall–Kier alpha value is -1.81. The van der Waals surface area contributed by atoms with Gasteiger partial charge >= 0.3 is 0 Å². The summed E-state index contributed by atoms with van der Waals surface area (Å²) < 4.78 is 0. The van der Waals surface area contributed by atoms with Crippen molar-refractivity contribution in [1.29, 1.82) is 0 Å². The Balaban J connectivity index is 2.79. The van der Waals surface area contributed by atoms with E-state index in [0.717, 1.165) is 0 Å². The Labute approximate surface area is 90.5 Å². The number of nitrogen functional groups attached to an aromatic ring is 1. The van der Waals surface area contributed by atoms with Gasteiger partial charge in [-0.05, 0) is 6.07 Å². The van der Waals surface area contributed by atoms with Gasteiger partial charge in [0.05, 0.1) is 5.56 Å². The molecule has 0 unspecified atom stereocenters. The Morgan fingerprint density at radius 2 is 1.73 bits per heavy atom. The minimum Gasteiger partial charge on any atom is -0.398 e. The first-order chi connectivity index (χ1) is 7.04. The van der Waals surface area contributed by atoms with Crippen molar-refractivity contribution in [3.8, 4) is 0 Å². The quantitative estimate of drug-likeness (QED) is 0.643. The number of nitrogens with two attached hydrogens (primary N) is 2. The summed E-state index contributed by atoms with van der Waals surface area (Å²) in [5.41, 5.74) is 11.4. The maximum atomic E-state index is 11.7. The van der Waals surface area contributed by atoms with E-state index in [-0.39, 0.29) is 27.5 Å². The van der Waals surface area contributed by atoms with E-state index in [9.17, 15) is 9.59 Å². The van der Waals surface area contributed by atoms with Crippen LogP contribution in [-0.4, -0.2) is 11.6 Å². The third-order valence-electron chi connectivity index (χ3n) is 2.25. The number of fused-ring (bicyclic) bond motifs is 1. The fraction of sp³-hybridized carbons (Fsp3) is 0. The van der Waals surface area contributed by atoms with Crippen molar-refractivity contribution >= 4 is 28.9 Å². The smallest absolute Gasteiger partial charge is 0.211 e. The number of carbonyl (C=O) groups excluding carboxylic acids is 2. The van der Waals surface area contributed by atoms with Gasteiger partial charge in [-0.3, -0.25) is 9.59 Å². The molecule has 5 heteroatoms. The first-order valence-electron chi connectivity index (χ1n) is 4.17. The van der Waals surface area contributed by atoms with Crippen LogP contribution in [0.25, 0.3) is 0 Å². The van der Waals surface area contributed by atoms with Gasteiger partial charge in [-0.2, -0.15) is 0 Å². The minimum absolute atomic E-state index is 0.140. The topological polar surface area (TPSA) is 86.2 Å². The summed E-state index contributed by atoms with van der Waals surface area (Å²) in [5.74, 6) is -0.955. The summed E-state index contributed by atoms with van der Waals surface area (Å²) in [6, 6.07) is 4.63. The van der Waals surface area contributed by atoms with Crippen LogP contribution < -0.4 is 11.5 Å². The van der Waals surface area contributed by atoms with Gasteiger partial charge in [-0.15, -0.1) is 0 Å². The Bertz CT molecular complexity index is 520. The third-order valence-corrected chi connectivity index (χ3v) is 2.62. The van der Waals surface area contributed by atoms with Crippen molar-refractivity contribution in [3.05, 3.63) is 40.1 Å². The Morgan fingerprint density at radius 3 is 2.40 bits per heavy atom. The van der Waals surface area contributed by atoms with Crippen molar-refractivity contribution in [2.24, 2.45) is 5.73 Å². The summed E-state index contributed by atoms with van der Waals surface area (Å²) in [6.45, 7) is 0. The summed E-state index contributed by atoms with van der Waals surface area (Å²) in [6.07, 6.45) is 0. The van der Waals surface area contributed by atoms with Crippen LogP contribution in [0, 0.1) is 0 Å². The molecule has 2 rings (SSSR count). The number of carbonyl (C=O) groups is 2. The summed E-state index contributed by atoms with van der Waals surface area (Å²) >= 11 is 5.64. The fourth-order valence-corrected chi connectivity index (χ4v) is 1.67. The van der Waals surface area contributed by atoms with E-state index in [2.05, 4.69) is 0 Å². The number of allylic oxidation sites excluding steroid dienone is 2. The summed E-state index contributed by atoms with van der Waals surface area (Å²) in [4.78, 5) is 23.3. The second-order valence-corrected chi connectivity index (χ2v) is 3.53. The lowest BCUT2D eigenvalue weighted by molar-refractivity contribution is 0.0980. The van der Waals surface area contributed by atoms with Gasteiger partial charge in [-0.1, -0.05) is 23.7 Å². The van der Waals surface area contributed by atoms with Gasteiger partial charge in [0.15, 0.2) is 0 Å². The molecule has 0 atom stereocenters. The van der Waals surface area contributed by atoms with Crippen molar-refractivity contribution in [2.45, 2.75) is 0 Å². The van der Waals surface area contributed by atoms with Crippen LogP contribution in [0.15, 0.2) is 28.9 Å². The highest BCUT2D eigenvalue weighted by Gasteiger charge is 2.31.